The van der Waals surface area contributed by atoms with Gasteiger partial charge in [-0.25, -0.2) is 8.78 Å². The summed E-state index contributed by atoms with van der Waals surface area (Å²) in [5, 5.41) is 2.28. The van der Waals surface area contributed by atoms with Gasteiger partial charge in [-0.2, -0.15) is 4.91 Å². The molecule has 1 atom stereocenters. The lowest BCUT2D eigenvalue weighted by molar-refractivity contribution is 0.153. The Morgan fingerprint density at radius 1 is 1.67 bits per heavy atom. The van der Waals surface area contributed by atoms with Crippen LogP contribution in [0.1, 0.15) is 13.8 Å². The molecule has 0 saturated carbocycles. The van der Waals surface area contributed by atoms with Gasteiger partial charge in [0.1, 0.15) is 12.3 Å². The second-order valence-electron chi connectivity index (χ2n) is 2.34. The van der Waals surface area contributed by atoms with Gasteiger partial charge in [0.2, 0.25) is 0 Å². The topological polar surface area (TPSA) is 29.4 Å². The van der Waals surface area contributed by atoms with E-state index in [1.54, 1.807) is 0 Å². The van der Waals surface area contributed by atoms with Crippen molar-refractivity contribution >= 4 is 0 Å². The minimum Gasteiger partial charge on any atom is -0.248 e. The highest BCUT2D eigenvalue weighted by Gasteiger charge is 2.29. The molecule has 0 aromatic rings. The number of alkyl halides is 2. The van der Waals surface area contributed by atoms with Gasteiger partial charge in [0, 0.05) is 0 Å². The van der Waals surface area contributed by atoms with E-state index in [-0.39, 0.29) is 0 Å². The third kappa shape index (κ3) is 2.49. The molecule has 0 aliphatic heterocycles. The maximum Gasteiger partial charge on any atom is 0.153 e. The van der Waals surface area contributed by atoms with Gasteiger partial charge in [-0.05, 0) is 13.8 Å². The quantitative estimate of drug-likeness (QED) is 0.545. The Morgan fingerprint density at radius 2 is 2.11 bits per heavy atom. The molecule has 1 unspecified atom stereocenters. The summed E-state index contributed by atoms with van der Waals surface area (Å²) in [6.45, 7) is 1.21. The van der Waals surface area contributed by atoms with E-state index in [4.69, 9.17) is 0 Å². The van der Waals surface area contributed by atoms with Crippen molar-refractivity contribution in [3.05, 3.63) is 4.91 Å². The molecule has 4 heteroatoms. The largest absolute Gasteiger partial charge is 0.248 e. The molecule has 0 aromatic carbocycles. The molecule has 0 aliphatic rings. The molecule has 2 nitrogen and oxygen atoms in total. The standard InChI is InChI=1S/C5H9F2NO/c1-5(2,7)4(3-6)8-9/h4H,3H2,1-2H3. The highest BCUT2D eigenvalue weighted by molar-refractivity contribution is 4.82. The van der Waals surface area contributed by atoms with Gasteiger partial charge in [-0.3, -0.25) is 0 Å². The number of halogens is 2. The number of nitroso groups, excluding NO2 is 1. The van der Waals surface area contributed by atoms with Crippen molar-refractivity contribution in [1.82, 2.24) is 0 Å². The smallest absolute Gasteiger partial charge is 0.153 e. The molecule has 0 rings (SSSR count). The Balaban J connectivity index is 3.94. The zero-order chi connectivity index (χ0) is 7.49. The van der Waals surface area contributed by atoms with Gasteiger partial charge < -0.3 is 0 Å². The lowest BCUT2D eigenvalue weighted by atomic mass is 10.0. The van der Waals surface area contributed by atoms with Crippen LogP contribution in [0.15, 0.2) is 5.18 Å². The van der Waals surface area contributed by atoms with Gasteiger partial charge in [-0.1, -0.05) is 5.18 Å². The first-order valence-corrected chi connectivity index (χ1v) is 2.59. The second-order valence-corrected chi connectivity index (χ2v) is 2.34. The molecular formula is C5H9F2NO. The SMILES string of the molecule is CC(C)(F)C(CF)N=O. The maximum absolute atomic E-state index is 12.5. The molecule has 0 spiro atoms. The number of hydrogen-bond acceptors (Lipinski definition) is 2. The third-order valence-corrected chi connectivity index (χ3v) is 1.07. The molecule has 0 amide bonds. The van der Waals surface area contributed by atoms with Gasteiger partial charge in [0.15, 0.2) is 6.04 Å². The van der Waals surface area contributed by atoms with E-state index in [9.17, 15) is 13.7 Å². The molecule has 0 N–H and O–H groups in total. The first-order valence-electron chi connectivity index (χ1n) is 2.59. The van der Waals surface area contributed by atoms with Crippen molar-refractivity contribution in [3.8, 4) is 0 Å². The molecular weight excluding hydrogens is 128 g/mol. The highest BCUT2D eigenvalue weighted by Crippen LogP contribution is 2.17. The fourth-order valence-electron chi connectivity index (χ4n) is 0.337. The van der Waals surface area contributed by atoms with Crippen molar-refractivity contribution in [2.45, 2.75) is 25.6 Å². The zero-order valence-electron chi connectivity index (χ0n) is 5.40. The molecule has 0 bridgehead atoms. The van der Waals surface area contributed by atoms with Crippen molar-refractivity contribution in [2.75, 3.05) is 6.67 Å². The fraction of sp³-hybridized carbons (Fsp3) is 1.00. The van der Waals surface area contributed by atoms with Gasteiger partial charge in [-0.15, -0.1) is 0 Å². The zero-order valence-corrected chi connectivity index (χ0v) is 5.40. The number of nitrogens with zero attached hydrogens (tertiary/aromatic N) is 1. The van der Waals surface area contributed by atoms with Crippen molar-refractivity contribution in [2.24, 2.45) is 5.18 Å². The Labute approximate surface area is 52.2 Å². The fourth-order valence-corrected chi connectivity index (χ4v) is 0.337. The molecule has 54 valence electrons. The van der Waals surface area contributed by atoms with Crippen LogP contribution in [-0.4, -0.2) is 18.4 Å². The van der Waals surface area contributed by atoms with Gasteiger partial charge in [0.05, 0.1) is 0 Å². The van der Waals surface area contributed by atoms with E-state index in [2.05, 4.69) is 5.18 Å². The summed E-state index contributed by atoms with van der Waals surface area (Å²) in [6.07, 6.45) is 0. The lowest BCUT2D eigenvalue weighted by Gasteiger charge is -2.16. The third-order valence-electron chi connectivity index (χ3n) is 1.07. The molecule has 0 radical (unpaired) electrons. The van der Waals surface area contributed by atoms with E-state index in [1.165, 1.54) is 0 Å². The van der Waals surface area contributed by atoms with E-state index in [0.29, 0.717) is 0 Å². The van der Waals surface area contributed by atoms with Crippen LogP contribution in [0, 0.1) is 4.91 Å². The summed E-state index contributed by atoms with van der Waals surface area (Å²) in [5.41, 5.74) is -1.84. The van der Waals surface area contributed by atoms with Crippen LogP contribution in [0.2, 0.25) is 0 Å². The summed E-state index contributed by atoms with van der Waals surface area (Å²) in [7, 11) is 0. The molecule has 9 heavy (non-hydrogen) atoms. The van der Waals surface area contributed by atoms with Crippen LogP contribution in [0.3, 0.4) is 0 Å². The monoisotopic (exact) mass is 137 g/mol. The summed E-state index contributed by atoms with van der Waals surface area (Å²) in [5.74, 6) is 0. The Hall–Kier alpha value is -0.540. The van der Waals surface area contributed by atoms with Crippen molar-refractivity contribution < 1.29 is 8.78 Å². The Kier molecular flexibility index (Phi) is 2.67. The minimum absolute atomic E-state index is 1.03. The van der Waals surface area contributed by atoms with Crippen LogP contribution in [0.25, 0.3) is 0 Å². The van der Waals surface area contributed by atoms with Crippen LogP contribution in [-0.2, 0) is 0 Å². The Bertz CT molecular complexity index is 99.6. The van der Waals surface area contributed by atoms with Crippen LogP contribution < -0.4 is 0 Å². The predicted octanol–water partition coefficient (Wildman–Crippen LogP) is 1.84. The number of hydrogen-bond donors (Lipinski definition) is 0. The highest BCUT2D eigenvalue weighted by atomic mass is 19.1. The molecule has 0 aromatic heterocycles. The van der Waals surface area contributed by atoms with E-state index >= 15 is 0 Å². The average Bonchev–Trinajstić information content (AvgIpc) is 1.65. The molecule has 0 fully saturated rings. The summed E-state index contributed by atoms with van der Waals surface area (Å²) in [6, 6.07) is -1.36. The normalized spacial score (nSPS) is 15.1. The molecule has 0 saturated heterocycles. The van der Waals surface area contributed by atoms with Crippen molar-refractivity contribution in [1.29, 1.82) is 0 Å². The summed E-state index contributed by atoms with van der Waals surface area (Å²) >= 11 is 0. The van der Waals surface area contributed by atoms with Crippen LogP contribution in [0.4, 0.5) is 8.78 Å². The van der Waals surface area contributed by atoms with E-state index < -0.39 is 18.4 Å². The predicted molar refractivity (Wildman–Crippen MR) is 30.7 cm³/mol. The van der Waals surface area contributed by atoms with Crippen LogP contribution >= 0.6 is 0 Å². The molecule has 0 aliphatic carbocycles. The summed E-state index contributed by atoms with van der Waals surface area (Å²) in [4.78, 5) is 9.65. The minimum atomic E-state index is -1.84. The van der Waals surface area contributed by atoms with Crippen LogP contribution in [0.5, 0.6) is 0 Å². The second kappa shape index (κ2) is 2.85. The van der Waals surface area contributed by atoms with Crippen molar-refractivity contribution in [3.63, 3.8) is 0 Å². The maximum atomic E-state index is 12.5. The first kappa shape index (κ1) is 8.46. The summed E-state index contributed by atoms with van der Waals surface area (Å²) < 4.78 is 24.1. The van der Waals surface area contributed by atoms with E-state index in [0.717, 1.165) is 13.8 Å². The molecule has 0 heterocycles. The van der Waals surface area contributed by atoms with E-state index in [1.807, 2.05) is 0 Å². The van der Waals surface area contributed by atoms with Gasteiger partial charge >= 0.3 is 0 Å². The average molecular weight is 137 g/mol. The van der Waals surface area contributed by atoms with Gasteiger partial charge in [0.25, 0.3) is 0 Å². The Morgan fingerprint density at radius 3 is 2.11 bits per heavy atom. The first-order chi connectivity index (χ1) is 4.02. The number of rotatable bonds is 3. The lowest BCUT2D eigenvalue weighted by Crippen LogP contribution is -2.31.